The van der Waals surface area contributed by atoms with Gasteiger partial charge in [0.25, 0.3) is 0 Å². The summed E-state index contributed by atoms with van der Waals surface area (Å²) in [7, 11) is 0. The van der Waals surface area contributed by atoms with E-state index in [1.807, 2.05) is 0 Å². The van der Waals surface area contributed by atoms with Crippen LogP contribution in [0.2, 0.25) is 0 Å². The van der Waals surface area contributed by atoms with Gasteiger partial charge in [-0.15, -0.1) is 0 Å². The molecular formula is C13H24N2O. The topological polar surface area (TPSA) is 41.1 Å². The Kier molecular flexibility index (Phi) is 3.85. The Hall–Kier alpha value is -0.570. The van der Waals surface area contributed by atoms with Crippen molar-refractivity contribution in [2.45, 2.75) is 58.0 Å². The fourth-order valence-electron chi connectivity index (χ4n) is 3.00. The minimum Gasteiger partial charge on any atom is -0.350 e. The van der Waals surface area contributed by atoms with Gasteiger partial charge in [-0.3, -0.25) is 4.79 Å². The Bertz CT molecular complexity index is 246. The predicted octanol–water partition coefficient (Wildman–Crippen LogP) is 1.68. The Morgan fingerprint density at radius 3 is 2.56 bits per heavy atom. The van der Waals surface area contributed by atoms with E-state index in [9.17, 15) is 4.79 Å². The van der Waals surface area contributed by atoms with Gasteiger partial charge < -0.3 is 10.6 Å². The molecule has 3 heteroatoms. The second-order valence-corrected chi connectivity index (χ2v) is 5.75. The molecule has 0 aromatic heterocycles. The lowest BCUT2D eigenvalue weighted by Gasteiger charge is -2.34. The lowest BCUT2D eigenvalue weighted by Crippen LogP contribution is -2.60. The standard InChI is InChI=1S/C13H24N2O/c1-9(2)7-11-13(16)15-12(8-14-11)10-5-3-4-6-10/h9-12,14H,3-8H2,1-2H3,(H,15,16). The maximum atomic E-state index is 11.9. The fourth-order valence-corrected chi connectivity index (χ4v) is 3.00. The highest BCUT2D eigenvalue weighted by molar-refractivity contribution is 5.82. The lowest BCUT2D eigenvalue weighted by molar-refractivity contribution is -0.126. The van der Waals surface area contributed by atoms with Crippen molar-refractivity contribution in [1.82, 2.24) is 10.6 Å². The van der Waals surface area contributed by atoms with Crippen LogP contribution in [0.1, 0.15) is 46.0 Å². The summed E-state index contributed by atoms with van der Waals surface area (Å²) in [6.45, 7) is 5.30. The largest absolute Gasteiger partial charge is 0.350 e. The summed E-state index contributed by atoms with van der Waals surface area (Å²) in [4.78, 5) is 11.9. The van der Waals surface area contributed by atoms with Crippen LogP contribution >= 0.6 is 0 Å². The Morgan fingerprint density at radius 2 is 2.00 bits per heavy atom. The van der Waals surface area contributed by atoms with E-state index < -0.39 is 0 Å². The maximum Gasteiger partial charge on any atom is 0.237 e. The van der Waals surface area contributed by atoms with Crippen molar-refractivity contribution in [3.63, 3.8) is 0 Å². The zero-order valence-corrected chi connectivity index (χ0v) is 10.5. The molecule has 2 fully saturated rings. The van der Waals surface area contributed by atoms with Crippen LogP contribution in [0.3, 0.4) is 0 Å². The number of hydrogen-bond donors (Lipinski definition) is 2. The van der Waals surface area contributed by atoms with Gasteiger partial charge in [0.2, 0.25) is 5.91 Å². The minimum atomic E-state index is 0.0395. The third-order valence-electron chi connectivity index (χ3n) is 3.90. The maximum absolute atomic E-state index is 11.9. The molecule has 0 bridgehead atoms. The fraction of sp³-hybridized carbons (Fsp3) is 0.923. The summed E-state index contributed by atoms with van der Waals surface area (Å²) in [6.07, 6.45) is 6.21. The number of nitrogens with one attached hydrogen (secondary N) is 2. The van der Waals surface area contributed by atoms with Gasteiger partial charge in [-0.1, -0.05) is 26.7 Å². The van der Waals surface area contributed by atoms with Gasteiger partial charge in [-0.25, -0.2) is 0 Å². The first kappa shape index (κ1) is 11.9. The third-order valence-corrected chi connectivity index (χ3v) is 3.90. The van der Waals surface area contributed by atoms with Crippen LogP contribution in [-0.2, 0) is 4.79 Å². The molecule has 0 radical (unpaired) electrons. The molecule has 2 rings (SSSR count). The van der Waals surface area contributed by atoms with Crippen LogP contribution in [0.15, 0.2) is 0 Å². The molecule has 2 unspecified atom stereocenters. The number of rotatable bonds is 3. The average molecular weight is 224 g/mol. The van der Waals surface area contributed by atoms with Crippen molar-refractivity contribution in [2.24, 2.45) is 11.8 Å². The van der Waals surface area contributed by atoms with E-state index in [1.165, 1.54) is 25.7 Å². The van der Waals surface area contributed by atoms with E-state index >= 15 is 0 Å². The summed E-state index contributed by atoms with van der Waals surface area (Å²) >= 11 is 0. The summed E-state index contributed by atoms with van der Waals surface area (Å²) in [5.74, 6) is 1.51. The van der Waals surface area contributed by atoms with E-state index in [1.54, 1.807) is 0 Å². The van der Waals surface area contributed by atoms with Crippen LogP contribution in [0.5, 0.6) is 0 Å². The van der Waals surface area contributed by atoms with Crippen molar-refractivity contribution >= 4 is 5.91 Å². The number of piperazine rings is 1. The molecule has 2 N–H and O–H groups in total. The quantitative estimate of drug-likeness (QED) is 0.766. The molecule has 0 aromatic carbocycles. The first-order chi connectivity index (χ1) is 7.66. The van der Waals surface area contributed by atoms with Crippen LogP contribution < -0.4 is 10.6 Å². The summed E-state index contributed by atoms with van der Waals surface area (Å²) in [6, 6.07) is 0.427. The van der Waals surface area contributed by atoms with Gasteiger partial charge in [-0.05, 0) is 31.1 Å². The smallest absolute Gasteiger partial charge is 0.237 e. The number of carbonyl (C=O) groups excluding carboxylic acids is 1. The first-order valence-electron chi connectivity index (χ1n) is 6.70. The first-order valence-corrected chi connectivity index (χ1v) is 6.70. The molecular weight excluding hydrogens is 200 g/mol. The molecule has 1 aliphatic heterocycles. The van der Waals surface area contributed by atoms with E-state index in [2.05, 4.69) is 24.5 Å². The van der Waals surface area contributed by atoms with Gasteiger partial charge >= 0.3 is 0 Å². The highest BCUT2D eigenvalue weighted by atomic mass is 16.2. The molecule has 1 heterocycles. The van der Waals surface area contributed by atoms with Crippen molar-refractivity contribution in [3.8, 4) is 0 Å². The summed E-state index contributed by atoms with van der Waals surface area (Å²) in [5.41, 5.74) is 0. The monoisotopic (exact) mass is 224 g/mol. The average Bonchev–Trinajstić information content (AvgIpc) is 2.73. The van der Waals surface area contributed by atoms with E-state index in [4.69, 9.17) is 0 Å². The second kappa shape index (κ2) is 5.17. The Balaban J connectivity index is 1.84. The van der Waals surface area contributed by atoms with Gasteiger partial charge in [0.05, 0.1) is 6.04 Å². The van der Waals surface area contributed by atoms with E-state index in [0.29, 0.717) is 12.0 Å². The molecule has 0 aromatic rings. The molecule has 16 heavy (non-hydrogen) atoms. The SMILES string of the molecule is CC(C)CC1NCC(C2CCCC2)NC1=O. The lowest BCUT2D eigenvalue weighted by atomic mass is 9.93. The zero-order chi connectivity index (χ0) is 11.5. The van der Waals surface area contributed by atoms with Crippen molar-refractivity contribution in [2.75, 3.05) is 6.54 Å². The van der Waals surface area contributed by atoms with Gasteiger partial charge in [-0.2, -0.15) is 0 Å². The van der Waals surface area contributed by atoms with E-state index in [0.717, 1.165) is 18.9 Å². The van der Waals surface area contributed by atoms with Gasteiger partial charge in [0, 0.05) is 12.6 Å². The summed E-state index contributed by atoms with van der Waals surface area (Å²) in [5, 5.41) is 6.63. The number of carbonyl (C=O) groups is 1. The molecule has 1 saturated carbocycles. The Morgan fingerprint density at radius 1 is 1.31 bits per heavy atom. The highest BCUT2D eigenvalue weighted by Gasteiger charge is 2.33. The second-order valence-electron chi connectivity index (χ2n) is 5.75. The van der Waals surface area contributed by atoms with Crippen molar-refractivity contribution < 1.29 is 4.79 Å². The summed E-state index contributed by atoms with van der Waals surface area (Å²) < 4.78 is 0. The van der Waals surface area contributed by atoms with E-state index in [-0.39, 0.29) is 11.9 Å². The molecule has 2 aliphatic rings. The highest BCUT2D eigenvalue weighted by Crippen LogP contribution is 2.28. The molecule has 2 atom stereocenters. The van der Waals surface area contributed by atoms with Crippen molar-refractivity contribution in [1.29, 1.82) is 0 Å². The molecule has 1 amide bonds. The van der Waals surface area contributed by atoms with Gasteiger partial charge in [0.15, 0.2) is 0 Å². The molecule has 1 saturated heterocycles. The van der Waals surface area contributed by atoms with Gasteiger partial charge in [0.1, 0.15) is 0 Å². The van der Waals surface area contributed by atoms with Crippen molar-refractivity contribution in [3.05, 3.63) is 0 Å². The molecule has 3 nitrogen and oxygen atoms in total. The van der Waals surface area contributed by atoms with Crippen LogP contribution in [0.4, 0.5) is 0 Å². The van der Waals surface area contributed by atoms with Crippen LogP contribution in [-0.4, -0.2) is 24.5 Å². The molecule has 1 aliphatic carbocycles. The third kappa shape index (κ3) is 2.76. The Labute approximate surface area is 98.4 Å². The van der Waals surface area contributed by atoms with Crippen LogP contribution in [0.25, 0.3) is 0 Å². The van der Waals surface area contributed by atoms with Crippen LogP contribution in [0, 0.1) is 11.8 Å². The molecule has 0 spiro atoms. The number of hydrogen-bond acceptors (Lipinski definition) is 2. The zero-order valence-electron chi connectivity index (χ0n) is 10.5. The normalized spacial score (nSPS) is 32.1. The predicted molar refractivity (Wildman–Crippen MR) is 65.1 cm³/mol. The minimum absolute atomic E-state index is 0.0395. The number of amides is 1. The molecule has 92 valence electrons.